The number of aromatic nitrogens is 1. The number of hydrazone groups is 1. The summed E-state index contributed by atoms with van der Waals surface area (Å²) in [6.45, 7) is 0. The van der Waals surface area contributed by atoms with Crippen LogP contribution in [-0.4, -0.2) is 16.7 Å². The third kappa shape index (κ3) is 4.27. The van der Waals surface area contributed by atoms with E-state index in [0.717, 1.165) is 21.9 Å². The van der Waals surface area contributed by atoms with Gasteiger partial charge >= 0.3 is 0 Å². The molecule has 4 rings (SSSR count). The third-order valence-electron chi connectivity index (χ3n) is 5.37. The Bertz CT molecular complexity index is 946. The molecule has 1 fully saturated rings. The van der Waals surface area contributed by atoms with Crippen molar-refractivity contribution in [3.63, 3.8) is 0 Å². The summed E-state index contributed by atoms with van der Waals surface area (Å²) in [5, 5.41) is 6.40. The zero-order valence-electron chi connectivity index (χ0n) is 15.5. The van der Waals surface area contributed by atoms with E-state index in [1.54, 1.807) is 6.21 Å². The van der Waals surface area contributed by atoms with Crippen LogP contribution in [0.4, 0.5) is 0 Å². The normalized spacial score (nSPS) is 15.4. The van der Waals surface area contributed by atoms with Gasteiger partial charge in [0.25, 0.3) is 0 Å². The maximum atomic E-state index is 12.3. The number of hydrogen-bond donors (Lipinski definition) is 1. The van der Waals surface area contributed by atoms with Gasteiger partial charge in [-0.1, -0.05) is 61.7 Å². The van der Waals surface area contributed by atoms with E-state index in [1.165, 1.54) is 32.1 Å². The van der Waals surface area contributed by atoms with E-state index in [4.69, 9.17) is 0 Å². The molecule has 0 aliphatic heterocycles. The molecule has 4 nitrogen and oxygen atoms in total. The zero-order chi connectivity index (χ0) is 18.5. The predicted octanol–water partition coefficient (Wildman–Crippen LogP) is 4.84. The van der Waals surface area contributed by atoms with Crippen molar-refractivity contribution in [2.45, 2.75) is 44.6 Å². The van der Waals surface area contributed by atoms with Gasteiger partial charge in [-0.2, -0.15) is 5.10 Å². The van der Waals surface area contributed by atoms with Crippen LogP contribution in [0.25, 0.3) is 10.8 Å². The molecule has 1 amide bonds. The van der Waals surface area contributed by atoms with Gasteiger partial charge in [-0.15, -0.1) is 0 Å². The van der Waals surface area contributed by atoms with Crippen LogP contribution in [-0.2, 0) is 11.2 Å². The second-order valence-corrected chi connectivity index (χ2v) is 7.29. The molecule has 27 heavy (non-hydrogen) atoms. The highest BCUT2D eigenvalue weighted by Crippen LogP contribution is 2.28. The summed E-state index contributed by atoms with van der Waals surface area (Å²) in [4.78, 5) is 12.3. The van der Waals surface area contributed by atoms with Crippen molar-refractivity contribution in [1.29, 1.82) is 0 Å². The number of amides is 1. The lowest BCUT2D eigenvalue weighted by atomic mass is 9.95. The largest absolute Gasteiger partial charge is 0.351 e. The average Bonchev–Trinajstić information content (AvgIpc) is 3.18. The Kier molecular flexibility index (Phi) is 5.33. The second-order valence-electron chi connectivity index (χ2n) is 7.29. The topological polar surface area (TPSA) is 46.4 Å². The first kappa shape index (κ1) is 17.5. The molecule has 0 saturated heterocycles. The highest BCUT2D eigenvalue weighted by molar-refractivity contribution is 5.90. The summed E-state index contributed by atoms with van der Waals surface area (Å²) in [7, 11) is 0. The minimum absolute atomic E-state index is 0.102. The van der Waals surface area contributed by atoms with Crippen LogP contribution in [0.15, 0.2) is 66.0 Å². The fraction of sp³-hybridized carbons (Fsp3) is 0.304. The van der Waals surface area contributed by atoms with E-state index >= 15 is 0 Å². The maximum Gasteiger partial charge on any atom is 0.244 e. The first-order chi connectivity index (χ1) is 13.3. The van der Waals surface area contributed by atoms with Gasteiger partial charge in [-0.3, -0.25) is 4.79 Å². The van der Waals surface area contributed by atoms with Gasteiger partial charge in [-0.25, -0.2) is 5.43 Å². The smallest absolute Gasteiger partial charge is 0.244 e. The number of hydrogen-bond acceptors (Lipinski definition) is 2. The fourth-order valence-electron chi connectivity index (χ4n) is 3.95. The molecule has 1 saturated carbocycles. The van der Waals surface area contributed by atoms with Gasteiger partial charge in [-0.05, 0) is 35.2 Å². The molecule has 2 aromatic carbocycles. The summed E-state index contributed by atoms with van der Waals surface area (Å²) in [5.74, 6) is -0.102. The molecule has 0 radical (unpaired) electrons. The lowest BCUT2D eigenvalue weighted by molar-refractivity contribution is -0.120. The van der Waals surface area contributed by atoms with Crippen molar-refractivity contribution in [2.75, 3.05) is 0 Å². The summed E-state index contributed by atoms with van der Waals surface area (Å²) >= 11 is 0. The maximum absolute atomic E-state index is 12.3. The van der Waals surface area contributed by atoms with Crippen molar-refractivity contribution in [2.24, 2.45) is 5.10 Å². The molecule has 1 heterocycles. The van der Waals surface area contributed by atoms with Crippen molar-refractivity contribution in [3.8, 4) is 0 Å². The van der Waals surface area contributed by atoms with Crippen molar-refractivity contribution < 1.29 is 4.79 Å². The number of nitrogens with one attached hydrogen (secondary N) is 1. The monoisotopic (exact) mass is 359 g/mol. The first-order valence-corrected chi connectivity index (χ1v) is 9.75. The Morgan fingerprint density at radius 3 is 2.78 bits per heavy atom. The molecule has 0 atom stereocenters. The van der Waals surface area contributed by atoms with Crippen LogP contribution in [0, 0.1) is 0 Å². The van der Waals surface area contributed by atoms with Gasteiger partial charge in [0, 0.05) is 24.0 Å². The Morgan fingerprint density at radius 2 is 1.89 bits per heavy atom. The zero-order valence-corrected chi connectivity index (χ0v) is 15.5. The van der Waals surface area contributed by atoms with E-state index in [-0.39, 0.29) is 5.91 Å². The quantitative estimate of drug-likeness (QED) is 0.514. The van der Waals surface area contributed by atoms with Gasteiger partial charge in [0.2, 0.25) is 5.91 Å². The van der Waals surface area contributed by atoms with E-state index in [0.29, 0.717) is 12.5 Å². The first-order valence-electron chi connectivity index (χ1n) is 9.75. The lowest BCUT2D eigenvalue weighted by Gasteiger charge is -2.23. The number of carbonyl (C=O) groups is 1. The molecule has 0 spiro atoms. The lowest BCUT2D eigenvalue weighted by Crippen LogP contribution is -2.19. The predicted molar refractivity (Wildman–Crippen MR) is 110 cm³/mol. The fourth-order valence-corrected chi connectivity index (χ4v) is 3.95. The Balaban J connectivity index is 1.35. The summed E-state index contributed by atoms with van der Waals surface area (Å²) in [5.41, 5.74) is 4.69. The SMILES string of the molecule is O=C(Cc1cccc2ccccc12)N/N=C\c1ccn(C2CCCCC2)c1. The van der Waals surface area contributed by atoms with E-state index < -0.39 is 0 Å². The number of benzene rings is 2. The van der Waals surface area contributed by atoms with E-state index in [1.807, 2.05) is 24.3 Å². The molecular formula is C23H25N3O. The Morgan fingerprint density at radius 1 is 1.07 bits per heavy atom. The number of fused-ring (bicyclic) bond motifs is 1. The van der Waals surface area contributed by atoms with E-state index in [9.17, 15) is 4.79 Å². The van der Waals surface area contributed by atoms with E-state index in [2.05, 4.69) is 51.8 Å². The van der Waals surface area contributed by atoms with Crippen LogP contribution in [0.1, 0.15) is 49.3 Å². The Labute approximate surface area is 159 Å². The van der Waals surface area contributed by atoms with Crippen LogP contribution in [0.2, 0.25) is 0 Å². The molecule has 138 valence electrons. The third-order valence-corrected chi connectivity index (χ3v) is 5.37. The van der Waals surface area contributed by atoms with Crippen molar-refractivity contribution >= 4 is 22.9 Å². The standard InChI is InChI=1S/C23H25N3O/c27-23(15-20-9-6-8-19-7-4-5-12-22(19)20)25-24-16-18-13-14-26(17-18)21-10-2-1-3-11-21/h4-9,12-14,16-17,21H,1-3,10-11,15H2,(H,25,27)/b24-16-. The number of carbonyl (C=O) groups excluding carboxylic acids is 1. The minimum Gasteiger partial charge on any atom is -0.351 e. The number of nitrogens with zero attached hydrogens (tertiary/aromatic N) is 2. The average molecular weight is 359 g/mol. The molecule has 0 unspecified atom stereocenters. The summed E-state index contributed by atoms with van der Waals surface area (Å²) in [6.07, 6.45) is 12.8. The van der Waals surface area contributed by atoms with Crippen LogP contribution in [0.3, 0.4) is 0 Å². The Hall–Kier alpha value is -2.88. The van der Waals surface area contributed by atoms with Gasteiger partial charge in [0.1, 0.15) is 0 Å². The van der Waals surface area contributed by atoms with Crippen LogP contribution < -0.4 is 5.43 Å². The minimum atomic E-state index is -0.102. The van der Waals surface area contributed by atoms with Gasteiger partial charge < -0.3 is 4.57 Å². The van der Waals surface area contributed by atoms with Crippen molar-refractivity contribution in [1.82, 2.24) is 9.99 Å². The summed E-state index contributed by atoms with van der Waals surface area (Å²) < 4.78 is 2.29. The highest BCUT2D eigenvalue weighted by Gasteiger charge is 2.14. The van der Waals surface area contributed by atoms with Crippen LogP contribution in [0.5, 0.6) is 0 Å². The van der Waals surface area contributed by atoms with Gasteiger partial charge in [0.05, 0.1) is 12.6 Å². The molecule has 3 aromatic rings. The number of rotatable bonds is 5. The molecule has 1 N–H and O–H groups in total. The summed E-state index contributed by atoms with van der Waals surface area (Å²) in [6, 6.07) is 16.8. The molecule has 1 aliphatic rings. The molecule has 1 aromatic heterocycles. The second kappa shape index (κ2) is 8.21. The van der Waals surface area contributed by atoms with Crippen molar-refractivity contribution in [3.05, 3.63) is 72.1 Å². The molecular weight excluding hydrogens is 334 g/mol. The molecule has 0 bridgehead atoms. The van der Waals surface area contributed by atoms with Crippen LogP contribution >= 0.6 is 0 Å². The highest BCUT2D eigenvalue weighted by atomic mass is 16.2. The van der Waals surface area contributed by atoms with Gasteiger partial charge in [0.15, 0.2) is 0 Å². The molecule has 4 heteroatoms. The molecule has 1 aliphatic carbocycles.